The van der Waals surface area contributed by atoms with E-state index in [1.165, 1.54) is 4.90 Å². The maximum Gasteiger partial charge on any atom is 0.439 e. The molecule has 0 bridgehead atoms. The molecule has 8 nitrogen and oxygen atoms in total. The fourth-order valence-electron chi connectivity index (χ4n) is 2.11. The third kappa shape index (κ3) is 3.73. The summed E-state index contributed by atoms with van der Waals surface area (Å²) in [5.41, 5.74) is 0.993. The van der Waals surface area contributed by atoms with Crippen molar-refractivity contribution >= 4 is 15.7 Å². The Morgan fingerprint density at radius 2 is 1.88 bits per heavy atom. The van der Waals surface area contributed by atoms with Crippen molar-refractivity contribution in [2.75, 3.05) is 19.8 Å². The minimum atomic E-state index is -3.30. The van der Waals surface area contributed by atoms with Crippen LogP contribution in [0.1, 0.15) is 24.2 Å². The number of nitrogens with one attached hydrogen (secondary N) is 1. The lowest BCUT2D eigenvalue weighted by Crippen LogP contribution is -2.44. The quantitative estimate of drug-likeness (QED) is 0.855. The summed E-state index contributed by atoms with van der Waals surface area (Å²) in [5, 5.41) is 3.57. The van der Waals surface area contributed by atoms with Crippen LogP contribution < -0.4 is 5.76 Å². The van der Waals surface area contributed by atoms with Crippen LogP contribution in [0.3, 0.4) is 0 Å². The van der Waals surface area contributed by atoms with E-state index >= 15 is 0 Å². The van der Waals surface area contributed by atoms with Gasteiger partial charge in [0.15, 0.2) is 15.7 Å². The van der Waals surface area contributed by atoms with Crippen molar-refractivity contribution in [1.29, 1.82) is 0 Å². The highest BCUT2D eigenvalue weighted by atomic mass is 32.2. The minimum absolute atomic E-state index is 0.0724. The van der Waals surface area contributed by atoms with Crippen LogP contribution in [0.4, 0.5) is 0 Å². The number of benzene rings is 1. The molecular weight excluding hydrogens is 334 g/mol. The van der Waals surface area contributed by atoms with E-state index in [-0.39, 0.29) is 18.3 Å². The monoisotopic (exact) mass is 353 g/mol. The average Bonchev–Trinajstić information content (AvgIpc) is 2.91. The number of aromatic nitrogens is 2. The predicted molar refractivity (Wildman–Crippen MR) is 88.4 cm³/mol. The van der Waals surface area contributed by atoms with E-state index in [1.54, 1.807) is 45.2 Å². The van der Waals surface area contributed by atoms with Gasteiger partial charge >= 0.3 is 5.76 Å². The summed E-state index contributed by atoms with van der Waals surface area (Å²) in [6, 6.07) is 6.40. The number of rotatable bonds is 5. The lowest BCUT2D eigenvalue weighted by Gasteiger charge is -2.28. The van der Waals surface area contributed by atoms with Crippen molar-refractivity contribution in [3.63, 3.8) is 0 Å². The number of nitrogens with zero attached hydrogens (tertiary/aromatic N) is 2. The van der Waals surface area contributed by atoms with Gasteiger partial charge in [-0.2, -0.15) is 0 Å². The summed E-state index contributed by atoms with van der Waals surface area (Å²) < 4.78 is 26.9. The fraction of sp³-hybridized carbons (Fsp3) is 0.400. The van der Waals surface area contributed by atoms with Gasteiger partial charge in [0, 0.05) is 31.0 Å². The van der Waals surface area contributed by atoms with E-state index in [9.17, 15) is 18.0 Å². The summed E-state index contributed by atoms with van der Waals surface area (Å²) >= 11 is 0. The number of hydrogen-bond acceptors (Lipinski definition) is 6. The van der Waals surface area contributed by atoms with E-state index in [0.717, 1.165) is 6.26 Å². The first-order chi connectivity index (χ1) is 11.0. The smallest absolute Gasteiger partial charge is 0.340 e. The van der Waals surface area contributed by atoms with Gasteiger partial charge < -0.3 is 4.90 Å². The first kappa shape index (κ1) is 17.9. The summed E-state index contributed by atoms with van der Waals surface area (Å²) in [4.78, 5) is 27.2. The molecule has 0 atom stereocenters. The van der Waals surface area contributed by atoms with Crippen LogP contribution in [0.2, 0.25) is 0 Å². The lowest BCUT2D eigenvalue weighted by molar-refractivity contribution is 0.0784. The molecule has 1 N–H and O–H groups in total. The number of carbonyl (C=O) groups excluding carboxylic acids is 1. The molecule has 2 aromatic rings. The van der Waals surface area contributed by atoms with Crippen molar-refractivity contribution in [2.24, 2.45) is 0 Å². The Bertz CT molecular complexity index is 894. The largest absolute Gasteiger partial charge is 0.439 e. The summed E-state index contributed by atoms with van der Waals surface area (Å²) in [6.07, 6.45) is 1.15. The lowest BCUT2D eigenvalue weighted by atomic mass is 10.1. The van der Waals surface area contributed by atoms with E-state index in [2.05, 4.69) is 14.7 Å². The molecule has 0 saturated heterocycles. The Balaban J connectivity index is 2.16. The SMILES string of the molecule is CN(CC(C)(C)S(C)(=O)=O)C(=O)c1ccc(-c2noc(=O)[nH]2)cc1. The van der Waals surface area contributed by atoms with Crippen molar-refractivity contribution in [3.05, 3.63) is 40.4 Å². The number of sulfone groups is 1. The molecule has 0 radical (unpaired) electrons. The Hall–Kier alpha value is -2.42. The second kappa shape index (κ2) is 6.23. The zero-order valence-electron chi connectivity index (χ0n) is 13.9. The molecule has 0 aliphatic heterocycles. The number of carbonyl (C=O) groups is 1. The zero-order valence-corrected chi connectivity index (χ0v) is 14.7. The van der Waals surface area contributed by atoms with Crippen LogP contribution in [0.15, 0.2) is 33.6 Å². The van der Waals surface area contributed by atoms with Gasteiger partial charge in [-0.05, 0) is 26.0 Å². The number of H-pyrrole nitrogens is 1. The molecular formula is C15H19N3O5S. The third-order valence-corrected chi connectivity index (χ3v) is 5.95. The molecule has 1 amide bonds. The first-order valence-electron chi connectivity index (χ1n) is 7.13. The molecule has 24 heavy (non-hydrogen) atoms. The Morgan fingerprint density at radius 3 is 2.33 bits per heavy atom. The Morgan fingerprint density at radius 1 is 1.29 bits per heavy atom. The fourth-order valence-corrected chi connectivity index (χ4v) is 2.53. The molecule has 0 aliphatic rings. The summed E-state index contributed by atoms with van der Waals surface area (Å²) in [5.74, 6) is -0.689. The second-order valence-electron chi connectivity index (χ2n) is 6.21. The highest BCUT2D eigenvalue weighted by Crippen LogP contribution is 2.19. The molecule has 0 unspecified atom stereocenters. The maximum atomic E-state index is 12.4. The molecule has 130 valence electrons. The van der Waals surface area contributed by atoms with Gasteiger partial charge in [0.1, 0.15) is 0 Å². The molecule has 0 fully saturated rings. The van der Waals surface area contributed by atoms with Crippen molar-refractivity contribution in [2.45, 2.75) is 18.6 Å². The maximum absolute atomic E-state index is 12.4. The van der Waals surface area contributed by atoms with Crippen molar-refractivity contribution < 1.29 is 17.7 Å². The number of hydrogen-bond donors (Lipinski definition) is 1. The van der Waals surface area contributed by atoms with Gasteiger partial charge in [0.2, 0.25) is 0 Å². The third-order valence-electron chi connectivity index (χ3n) is 3.81. The molecule has 1 heterocycles. The minimum Gasteiger partial charge on any atom is -0.340 e. The van der Waals surface area contributed by atoms with Gasteiger partial charge in [-0.3, -0.25) is 14.3 Å². The van der Waals surface area contributed by atoms with Gasteiger partial charge in [-0.1, -0.05) is 17.3 Å². The summed E-state index contributed by atoms with van der Waals surface area (Å²) in [6.45, 7) is 3.23. The van der Waals surface area contributed by atoms with Crippen LogP contribution >= 0.6 is 0 Å². The van der Waals surface area contributed by atoms with Crippen LogP contribution in [0, 0.1) is 0 Å². The number of amides is 1. The van der Waals surface area contributed by atoms with Crippen molar-refractivity contribution in [3.8, 4) is 11.4 Å². The van der Waals surface area contributed by atoms with Crippen molar-refractivity contribution in [1.82, 2.24) is 15.0 Å². The molecule has 9 heteroatoms. The molecule has 2 rings (SSSR count). The molecule has 0 saturated carbocycles. The van der Waals surface area contributed by atoms with Gasteiger partial charge in [0.25, 0.3) is 5.91 Å². The highest BCUT2D eigenvalue weighted by molar-refractivity contribution is 7.92. The molecule has 0 spiro atoms. The summed E-state index contributed by atoms with van der Waals surface area (Å²) in [7, 11) is -1.75. The highest BCUT2D eigenvalue weighted by Gasteiger charge is 2.33. The second-order valence-corrected chi connectivity index (χ2v) is 8.86. The molecule has 1 aromatic carbocycles. The van der Waals surface area contributed by atoms with Crippen LogP contribution in [-0.2, 0) is 9.84 Å². The predicted octanol–water partition coefficient (Wildman–Crippen LogP) is 0.925. The van der Waals surface area contributed by atoms with Crippen LogP contribution in [0.5, 0.6) is 0 Å². The van der Waals surface area contributed by atoms with Gasteiger partial charge in [0.05, 0.1) is 4.75 Å². The van der Waals surface area contributed by atoms with Gasteiger partial charge in [-0.15, -0.1) is 0 Å². The van der Waals surface area contributed by atoms with E-state index in [1.807, 2.05) is 0 Å². The zero-order chi connectivity index (χ0) is 18.1. The average molecular weight is 353 g/mol. The van der Waals surface area contributed by atoms with E-state index < -0.39 is 20.3 Å². The first-order valence-corrected chi connectivity index (χ1v) is 9.02. The van der Waals surface area contributed by atoms with Crippen LogP contribution in [-0.4, -0.2) is 54.0 Å². The topological polar surface area (TPSA) is 113 Å². The molecule has 0 aliphatic carbocycles. The van der Waals surface area contributed by atoms with Crippen LogP contribution in [0.25, 0.3) is 11.4 Å². The van der Waals surface area contributed by atoms with E-state index in [0.29, 0.717) is 11.1 Å². The van der Waals surface area contributed by atoms with E-state index in [4.69, 9.17) is 0 Å². The molecule has 1 aromatic heterocycles. The standard InChI is InChI=1S/C15H19N3O5S/c1-15(2,24(4,21)22)9-18(3)13(19)11-7-5-10(6-8-11)12-16-14(20)23-17-12/h5-8H,9H2,1-4H3,(H,16,17,20). The van der Waals surface area contributed by atoms with Gasteiger partial charge in [-0.25, -0.2) is 13.2 Å². The Kier molecular flexibility index (Phi) is 4.66. The normalized spacial score (nSPS) is 12.2. The number of aromatic amines is 1. The Labute approximate surface area is 139 Å².